The Morgan fingerprint density at radius 3 is 2.81 bits per heavy atom. The van der Waals surface area contributed by atoms with Crippen LogP contribution in [0.2, 0.25) is 0 Å². The van der Waals surface area contributed by atoms with Gasteiger partial charge in [-0.2, -0.15) is 0 Å². The Balaban J connectivity index is 2.00. The van der Waals surface area contributed by atoms with E-state index in [-0.39, 0.29) is 17.0 Å². The molecule has 0 radical (unpaired) electrons. The van der Waals surface area contributed by atoms with Crippen LogP contribution in [-0.4, -0.2) is 30.5 Å². The van der Waals surface area contributed by atoms with Crippen LogP contribution in [-0.2, 0) is 12.8 Å². The maximum absolute atomic E-state index is 12.1. The first-order valence-corrected chi connectivity index (χ1v) is 7.96. The molecule has 3 N–H and O–H groups in total. The summed E-state index contributed by atoms with van der Waals surface area (Å²) >= 11 is 0. The van der Waals surface area contributed by atoms with Crippen LogP contribution in [0, 0.1) is 0 Å². The number of rotatable bonds is 6. The zero-order valence-electron chi connectivity index (χ0n) is 12.8. The zero-order valence-corrected chi connectivity index (χ0v) is 12.8. The van der Waals surface area contributed by atoms with E-state index in [1.807, 2.05) is 0 Å². The van der Waals surface area contributed by atoms with Crippen molar-refractivity contribution in [2.45, 2.75) is 45.4 Å². The van der Waals surface area contributed by atoms with E-state index < -0.39 is 0 Å². The van der Waals surface area contributed by atoms with E-state index in [9.17, 15) is 9.59 Å². The van der Waals surface area contributed by atoms with Crippen LogP contribution in [0.1, 0.15) is 54.2 Å². The number of carbonyl (C=O) groups excluding carboxylic acids is 1. The highest BCUT2D eigenvalue weighted by molar-refractivity contribution is 5.94. The van der Waals surface area contributed by atoms with Crippen molar-refractivity contribution in [2.75, 3.05) is 19.6 Å². The van der Waals surface area contributed by atoms with Crippen molar-refractivity contribution in [1.29, 1.82) is 0 Å². The smallest absolute Gasteiger partial charge is 0.261 e. The molecule has 0 unspecified atom stereocenters. The quantitative estimate of drug-likeness (QED) is 0.547. The molecule has 0 bridgehead atoms. The Kier molecular flexibility index (Phi) is 5.99. The molecule has 1 aromatic heterocycles. The SMILES string of the molecule is CCCNCCNC(=O)c1cc2c([nH]c1=O)CCCCC2. The van der Waals surface area contributed by atoms with E-state index in [1.54, 1.807) is 6.07 Å². The molecule has 21 heavy (non-hydrogen) atoms. The molecule has 1 aliphatic carbocycles. The van der Waals surface area contributed by atoms with Crippen molar-refractivity contribution in [3.05, 3.63) is 33.2 Å². The molecule has 1 amide bonds. The lowest BCUT2D eigenvalue weighted by Gasteiger charge is -2.09. The first-order valence-electron chi connectivity index (χ1n) is 7.96. The molecule has 1 aromatic rings. The first kappa shape index (κ1) is 15.8. The van der Waals surface area contributed by atoms with Crippen LogP contribution in [0.15, 0.2) is 10.9 Å². The number of amides is 1. The van der Waals surface area contributed by atoms with E-state index in [1.165, 1.54) is 6.42 Å². The summed E-state index contributed by atoms with van der Waals surface area (Å²) in [6.07, 6.45) is 6.34. The van der Waals surface area contributed by atoms with E-state index >= 15 is 0 Å². The van der Waals surface area contributed by atoms with Gasteiger partial charge in [0, 0.05) is 18.8 Å². The van der Waals surface area contributed by atoms with Crippen LogP contribution < -0.4 is 16.2 Å². The zero-order chi connectivity index (χ0) is 15.1. The molecule has 0 fully saturated rings. The fourth-order valence-corrected chi connectivity index (χ4v) is 2.68. The lowest BCUT2D eigenvalue weighted by atomic mass is 10.1. The average Bonchev–Trinajstić information content (AvgIpc) is 2.70. The van der Waals surface area contributed by atoms with E-state index in [0.717, 1.165) is 56.5 Å². The summed E-state index contributed by atoms with van der Waals surface area (Å²) in [6, 6.07) is 1.79. The van der Waals surface area contributed by atoms with Crippen molar-refractivity contribution in [3.8, 4) is 0 Å². The number of aromatic nitrogens is 1. The summed E-state index contributed by atoms with van der Waals surface area (Å²) in [4.78, 5) is 27.1. The minimum absolute atomic E-state index is 0.242. The number of carbonyl (C=O) groups is 1. The number of nitrogens with one attached hydrogen (secondary N) is 3. The van der Waals surface area contributed by atoms with Crippen molar-refractivity contribution in [2.24, 2.45) is 0 Å². The lowest BCUT2D eigenvalue weighted by molar-refractivity contribution is 0.0952. The van der Waals surface area contributed by atoms with Crippen molar-refractivity contribution in [1.82, 2.24) is 15.6 Å². The summed E-state index contributed by atoms with van der Waals surface area (Å²) in [5.74, 6) is -0.276. The number of hydrogen-bond acceptors (Lipinski definition) is 3. The number of aryl methyl sites for hydroxylation is 2. The molecule has 0 aliphatic heterocycles. The molecule has 0 atom stereocenters. The number of pyridine rings is 1. The van der Waals surface area contributed by atoms with Crippen LogP contribution in [0.4, 0.5) is 0 Å². The molecular formula is C16H25N3O2. The van der Waals surface area contributed by atoms with Crippen molar-refractivity contribution < 1.29 is 4.79 Å². The highest BCUT2D eigenvalue weighted by atomic mass is 16.2. The Hall–Kier alpha value is -1.62. The molecule has 5 heteroatoms. The molecule has 0 spiro atoms. The number of aromatic amines is 1. The van der Waals surface area contributed by atoms with Crippen LogP contribution >= 0.6 is 0 Å². The van der Waals surface area contributed by atoms with Gasteiger partial charge in [0.1, 0.15) is 5.56 Å². The van der Waals surface area contributed by atoms with Gasteiger partial charge in [-0.05, 0) is 50.3 Å². The van der Waals surface area contributed by atoms with Crippen LogP contribution in [0.25, 0.3) is 0 Å². The monoisotopic (exact) mass is 291 g/mol. The van der Waals surface area contributed by atoms with Crippen LogP contribution in [0.3, 0.4) is 0 Å². The first-order chi connectivity index (χ1) is 10.2. The summed E-state index contributed by atoms with van der Waals surface area (Å²) in [6.45, 7) is 4.30. The summed E-state index contributed by atoms with van der Waals surface area (Å²) in [5.41, 5.74) is 2.11. The molecule has 0 saturated heterocycles. The van der Waals surface area contributed by atoms with Gasteiger partial charge in [-0.25, -0.2) is 0 Å². The fourth-order valence-electron chi connectivity index (χ4n) is 2.68. The fraction of sp³-hybridized carbons (Fsp3) is 0.625. The average molecular weight is 291 g/mol. The highest BCUT2D eigenvalue weighted by Crippen LogP contribution is 2.18. The van der Waals surface area contributed by atoms with E-state index in [0.29, 0.717) is 6.54 Å². The third kappa shape index (κ3) is 4.43. The van der Waals surface area contributed by atoms with Gasteiger partial charge >= 0.3 is 0 Å². The summed E-state index contributed by atoms with van der Waals surface area (Å²) in [7, 11) is 0. The van der Waals surface area contributed by atoms with Gasteiger partial charge in [-0.3, -0.25) is 9.59 Å². The second-order valence-corrected chi connectivity index (χ2v) is 5.58. The van der Waals surface area contributed by atoms with E-state index in [4.69, 9.17) is 0 Å². The third-order valence-corrected chi connectivity index (χ3v) is 3.85. The second kappa shape index (κ2) is 7.98. The Bertz CT molecular complexity index is 537. The third-order valence-electron chi connectivity index (χ3n) is 3.85. The summed E-state index contributed by atoms with van der Waals surface area (Å²) < 4.78 is 0. The minimum Gasteiger partial charge on any atom is -0.351 e. The maximum atomic E-state index is 12.1. The topological polar surface area (TPSA) is 74.0 Å². The molecule has 5 nitrogen and oxygen atoms in total. The predicted octanol–water partition coefficient (Wildman–Crippen LogP) is 1.37. The predicted molar refractivity (Wildman–Crippen MR) is 83.8 cm³/mol. The largest absolute Gasteiger partial charge is 0.351 e. The lowest BCUT2D eigenvalue weighted by Crippen LogP contribution is -2.35. The molecule has 0 aromatic carbocycles. The highest BCUT2D eigenvalue weighted by Gasteiger charge is 2.15. The van der Waals surface area contributed by atoms with Gasteiger partial charge in [-0.1, -0.05) is 13.3 Å². The Morgan fingerprint density at radius 1 is 1.19 bits per heavy atom. The standard InChI is InChI=1S/C16H25N3O2/c1-2-8-17-9-10-18-15(20)13-11-12-6-4-3-5-7-14(12)19-16(13)21/h11,17H,2-10H2,1H3,(H,18,20)(H,19,21). The van der Waals surface area contributed by atoms with Crippen molar-refractivity contribution in [3.63, 3.8) is 0 Å². The summed E-state index contributed by atoms with van der Waals surface area (Å²) in [5, 5.41) is 6.01. The normalized spacial score (nSPS) is 14.3. The van der Waals surface area contributed by atoms with Gasteiger partial charge in [0.15, 0.2) is 0 Å². The number of hydrogen-bond donors (Lipinski definition) is 3. The van der Waals surface area contributed by atoms with Gasteiger partial charge < -0.3 is 15.6 Å². The maximum Gasteiger partial charge on any atom is 0.261 e. The molecule has 0 saturated carbocycles. The molecule has 1 aliphatic rings. The number of H-pyrrole nitrogens is 1. The molecule has 116 valence electrons. The van der Waals surface area contributed by atoms with Gasteiger partial charge in [0.2, 0.25) is 0 Å². The van der Waals surface area contributed by atoms with Crippen molar-refractivity contribution >= 4 is 5.91 Å². The molecule has 1 heterocycles. The second-order valence-electron chi connectivity index (χ2n) is 5.58. The Labute approximate surface area is 125 Å². The van der Waals surface area contributed by atoms with Crippen LogP contribution in [0.5, 0.6) is 0 Å². The molecular weight excluding hydrogens is 266 g/mol. The van der Waals surface area contributed by atoms with Gasteiger partial charge in [0.25, 0.3) is 11.5 Å². The van der Waals surface area contributed by atoms with E-state index in [2.05, 4.69) is 22.5 Å². The van der Waals surface area contributed by atoms with Gasteiger partial charge in [0.05, 0.1) is 0 Å². The Morgan fingerprint density at radius 2 is 2.00 bits per heavy atom. The number of fused-ring (bicyclic) bond motifs is 1. The molecule has 2 rings (SSSR count). The minimum atomic E-state index is -0.276. The van der Waals surface area contributed by atoms with Gasteiger partial charge in [-0.15, -0.1) is 0 Å².